The lowest BCUT2D eigenvalue weighted by atomic mass is 10.2. The summed E-state index contributed by atoms with van der Waals surface area (Å²) in [6.07, 6.45) is 0. The van der Waals surface area contributed by atoms with Gasteiger partial charge in [-0.05, 0) is 18.2 Å². The number of hydrogen-bond donors (Lipinski definition) is 3. The minimum Gasteiger partial charge on any atom is -0.478 e. The highest BCUT2D eigenvalue weighted by molar-refractivity contribution is 9.10. The van der Waals surface area contributed by atoms with Gasteiger partial charge in [0.25, 0.3) is 10.2 Å². The second-order valence-electron chi connectivity index (χ2n) is 2.80. The zero-order chi connectivity index (χ0) is 12.3. The Kier molecular flexibility index (Phi) is 3.89. The number of nitrogens with one attached hydrogen (secondary N) is 2. The van der Waals surface area contributed by atoms with Gasteiger partial charge in [-0.1, -0.05) is 15.9 Å². The van der Waals surface area contributed by atoms with Crippen LogP contribution in [0, 0.1) is 0 Å². The minimum atomic E-state index is -3.72. The first kappa shape index (κ1) is 12.9. The molecule has 0 saturated heterocycles. The Labute approximate surface area is 101 Å². The van der Waals surface area contributed by atoms with Gasteiger partial charge >= 0.3 is 5.97 Å². The monoisotopic (exact) mass is 308 g/mol. The Morgan fingerprint density at radius 1 is 1.44 bits per heavy atom. The normalized spacial score (nSPS) is 11.1. The molecule has 0 aromatic heterocycles. The van der Waals surface area contributed by atoms with Gasteiger partial charge in [-0.15, -0.1) is 0 Å². The third kappa shape index (κ3) is 3.19. The molecule has 0 fully saturated rings. The van der Waals surface area contributed by atoms with E-state index >= 15 is 0 Å². The van der Waals surface area contributed by atoms with Gasteiger partial charge in [0.1, 0.15) is 0 Å². The van der Waals surface area contributed by atoms with Gasteiger partial charge < -0.3 is 5.11 Å². The molecule has 0 atom stereocenters. The van der Waals surface area contributed by atoms with Crippen LogP contribution in [0.15, 0.2) is 22.7 Å². The number of anilines is 1. The lowest BCUT2D eigenvalue weighted by molar-refractivity contribution is 0.0698. The summed E-state index contributed by atoms with van der Waals surface area (Å²) in [5, 5.41) is 8.88. The van der Waals surface area contributed by atoms with Crippen molar-refractivity contribution in [1.82, 2.24) is 4.72 Å². The van der Waals surface area contributed by atoms with Crippen LogP contribution in [-0.2, 0) is 10.2 Å². The molecule has 6 nitrogen and oxygen atoms in total. The van der Waals surface area contributed by atoms with Gasteiger partial charge in [0.2, 0.25) is 0 Å². The summed E-state index contributed by atoms with van der Waals surface area (Å²) in [5.74, 6) is -1.21. The van der Waals surface area contributed by atoms with Crippen molar-refractivity contribution in [3.05, 3.63) is 28.2 Å². The molecule has 0 heterocycles. The lowest BCUT2D eigenvalue weighted by Gasteiger charge is -2.09. The molecule has 0 aliphatic rings. The molecule has 0 aliphatic carbocycles. The van der Waals surface area contributed by atoms with Crippen molar-refractivity contribution < 1.29 is 18.3 Å². The van der Waals surface area contributed by atoms with Crippen LogP contribution >= 0.6 is 15.9 Å². The number of rotatable bonds is 4. The zero-order valence-corrected chi connectivity index (χ0v) is 10.6. The molecule has 1 aromatic carbocycles. The van der Waals surface area contributed by atoms with E-state index in [0.29, 0.717) is 4.47 Å². The number of benzene rings is 1. The van der Waals surface area contributed by atoms with E-state index in [4.69, 9.17) is 5.11 Å². The van der Waals surface area contributed by atoms with Crippen molar-refractivity contribution in [1.29, 1.82) is 0 Å². The lowest BCUT2D eigenvalue weighted by Crippen LogP contribution is -2.27. The summed E-state index contributed by atoms with van der Waals surface area (Å²) < 4.78 is 27.1. The maximum atomic E-state index is 11.2. The summed E-state index contributed by atoms with van der Waals surface area (Å²) in [5.41, 5.74) is -0.127. The third-order valence-electron chi connectivity index (χ3n) is 1.73. The summed E-state index contributed by atoms with van der Waals surface area (Å²) in [4.78, 5) is 10.9. The number of halogens is 1. The maximum Gasteiger partial charge on any atom is 0.337 e. The van der Waals surface area contributed by atoms with Crippen LogP contribution in [0.3, 0.4) is 0 Å². The second kappa shape index (κ2) is 4.81. The predicted octanol–water partition coefficient (Wildman–Crippen LogP) is 1.02. The first-order valence-corrected chi connectivity index (χ1v) is 6.37. The van der Waals surface area contributed by atoms with E-state index in [1.165, 1.54) is 19.2 Å². The van der Waals surface area contributed by atoms with Crippen LogP contribution in [0.4, 0.5) is 5.69 Å². The Morgan fingerprint density at radius 2 is 2.06 bits per heavy atom. The fourth-order valence-electron chi connectivity index (χ4n) is 0.978. The molecule has 16 heavy (non-hydrogen) atoms. The molecule has 1 rings (SSSR count). The molecule has 0 spiro atoms. The Morgan fingerprint density at radius 3 is 2.56 bits per heavy atom. The molecule has 0 saturated carbocycles. The van der Waals surface area contributed by atoms with E-state index in [2.05, 4.69) is 20.7 Å². The molecule has 0 radical (unpaired) electrons. The largest absolute Gasteiger partial charge is 0.478 e. The fraction of sp³-hybridized carbons (Fsp3) is 0.125. The van der Waals surface area contributed by atoms with Crippen molar-refractivity contribution in [3.63, 3.8) is 0 Å². The molecule has 0 bridgehead atoms. The minimum absolute atomic E-state index is 0.00468. The highest BCUT2D eigenvalue weighted by Gasteiger charge is 2.14. The average molecular weight is 309 g/mol. The van der Waals surface area contributed by atoms with Crippen molar-refractivity contribution >= 4 is 37.8 Å². The number of aromatic carboxylic acids is 1. The van der Waals surface area contributed by atoms with Crippen LogP contribution in [-0.4, -0.2) is 26.5 Å². The highest BCUT2D eigenvalue weighted by Crippen LogP contribution is 2.21. The number of carboxylic acids is 1. The van der Waals surface area contributed by atoms with Gasteiger partial charge in [-0.25, -0.2) is 9.52 Å². The summed E-state index contributed by atoms with van der Waals surface area (Å²) >= 11 is 3.11. The van der Waals surface area contributed by atoms with Crippen LogP contribution in [0.1, 0.15) is 10.4 Å². The Balaban J connectivity index is 3.19. The number of carboxylic acid groups (broad SMARTS) is 1. The van der Waals surface area contributed by atoms with Gasteiger partial charge in [-0.2, -0.15) is 8.42 Å². The summed E-state index contributed by atoms with van der Waals surface area (Å²) in [6.45, 7) is 0. The van der Waals surface area contributed by atoms with E-state index in [9.17, 15) is 13.2 Å². The molecule has 0 aliphatic heterocycles. The van der Waals surface area contributed by atoms with E-state index in [0.717, 1.165) is 0 Å². The van der Waals surface area contributed by atoms with E-state index in [1.54, 1.807) is 6.07 Å². The van der Waals surface area contributed by atoms with Gasteiger partial charge in [0.15, 0.2) is 0 Å². The standard InChI is InChI=1S/C8H9BrN2O4S/c1-10-16(14,15)11-7-3-2-5(9)4-6(7)8(12)13/h2-4,10-11H,1H3,(H,12,13). The predicted molar refractivity (Wildman–Crippen MR) is 62.7 cm³/mol. The second-order valence-corrected chi connectivity index (χ2v) is 5.34. The fourth-order valence-corrected chi connectivity index (χ4v) is 1.91. The van der Waals surface area contributed by atoms with Crippen molar-refractivity contribution in [2.75, 3.05) is 11.8 Å². The van der Waals surface area contributed by atoms with Crippen molar-refractivity contribution in [3.8, 4) is 0 Å². The molecule has 88 valence electrons. The summed E-state index contributed by atoms with van der Waals surface area (Å²) in [6, 6.07) is 4.22. The average Bonchev–Trinajstić information content (AvgIpc) is 2.20. The molecule has 3 N–H and O–H groups in total. The van der Waals surface area contributed by atoms with Gasteiger partial charge in [0.05, 0.1) is 11.3 Å². The van der Waals surface area contributed by atoms with Gasteiger partial charge in [-0.3, -0.25) is 4.72 Å². The molecular weight excluding hydrogens is 300 g/mol. The van der Waals surface area contributed by atoms with Crippen molar-refractivity contribution in [2.24, 2.45) is 0 Å². The van der Waals surface area contributed by atoms with Crippen LogP contribution in [0.2, 0.25) is 0 Å². The smallest absolute Gasteiger partial charge is 0.337 e. The zero-order valence-electron chi connectivity index (χ0n) is 8.19. The number of hydrogen-bond acceptors (Lipinski definition) is 3. The van der Waals surface area contributed by atoms with E-state index in [-0.39, 0.29) is 11.3 Å². The first-order chi connectivity index (χ1) is 7.35. The van der Waals surface area contributed by atoms with Crippen molar-refractivity contribution in [2.45, 2.75) is 0 Å². The number of carbonyl (C=O) groups is 1. The maximum absolute atomic E-state index is 11.2. The molecule has 0 unspecified atom stereocenters. The van der Waals surface area contributed by atoms with Crippen LogP contribution in [0.5, 0.6) is 0 Å². The Bertz CT molecular complexity index is 515. The molecule has 8 heteroatoms. The molecular formula is C8H9BrN2O4S. The van der Waals surface area contributed by atoms with Crippen LogP contribution in [0.25, 0.3) is 0 Å². The van der Waals surface area contributed by atoms with Gasteiger partial charge in [0, 0.05) is 11.5 Å². The topological polar surface area (TPSA) is 95.5 Å². The van der Waals surface area contributed by atoms with E-state index < -0.39 is 16.2 Å². The Hall–Kier alpha value is -1.12. The third-order valence-corrected chi connectivity index (χ3v) is 3.24. The van der Waals surface area contributed by atoms with E-state index in [1.807, 2.05) is 4.72 Å². The molecule has 1 aromatic rings. The SMILES string of the molecule is CNS(=O)(=O)Nc1ccc(Br)cc1C(=O)O. The summed E-state index contributed by atoms with van der Waals surface area (Å²) in [7, 11) is -2.50. The quantitative estimate of drug-likeness (QED) is 0.774. The first-order valence-electron chi connectivity index (χ1n) is 4.10. The highest BCUT2D eigenvalue weighted by atomic mass is 79.9. The molecule has 0 amide bonds. The van der Waals surface area contributed by atoms with Crippen LogP contribution < -0.4 is 9.44 Å².